The fourth-order valence-electron chi connectivity index (χ4n) is 4.31. The van der Waals surface area contributed by atoms with E-state index in [1.165, 1.54) is 69.8 Å². The first-order chi connectivity index (χ1) is 18.2. The van der Waals surface area contributed by atoms with Crippen molar-refractivity contribution in [1.29, 1.82) is 0 Å². The molecule has 37 heavy (non-hydrogen) atoms. The highest BCUT2D eigenvalue weighted by molar-refractivity contribution is 5.91. The van der Waals surface area contributed by atoms with E-state index >= 15 is 0 Å². The van der Waals surface area contributed by atoms with Crippen molar-refractivity contribution in [2.24, 2.45) is 0 Å². The van der Waals surface area contributed by atoms with Crippen LogP contribution in [0.1, 0.15) is 100 Å². The third kappa shape index (κ3) is 10.4. The molecule has 3 aromatic rings. The number of hydrogen-bond acceptors (Lipinski definition) is 4. The molecule has 0 aliphatic carbocycles. The van der Waals surface area contributed by atoms with E-state index in [1.54, 1.807) is 12.3 Å². The number of pyridine rings is 1. The lowest BCUT2D eigenvalue weighted by molar-refractivity contribution is 0.0734. The maximum Gasteiger partial charge on any atom is 0.343 e. The van der Waals surface area contributed by atoms with Gasteiger partial charge in [-0.3, -0.25) is 4.98 Å². The minimum Gasteiger partial charge on any atom is -0.494 e. The van der Waals surface area contributed by atoms with E-state index in [1.807, 2.05) is 54.6 Å². The molecule has 0 fully saturated rings. The van der Waals surface area contributed by atoms with Gasteiger partial charge in [-0.1, -0.05) is 83.8 Å². The molecule has 0 N–H and O–H groups in total. The van der Waals surface area contributed by atoms with E-state index in [-0.39, 0.29) is 5.97 Å². The van der Waals surface area contributed by atoms with Crippen molar-refractivity contribution in [2.45, 2.75) is 90.9 Å². The minimum absolute atomic E-state index is 0.365. The number of unbranched alkanes of at least 4 members (excludes halogenated alkanes) is 9. The number of esters is 1. The predicted molar refractivity (Wildman–Crippen MR) is 152 cm³/mol. The first kappa shape index (κ1) is 28.4. The molecule has 0 aliphatic heterocycles. The normalized spacial score (nSPS) is 10.9. The van der Waals surface area contributed by atoms with Crippen LogP contribution >= 0.6 is 0 Å². The number of aryl methyl sites for hydroxylation is 1. The highest BCUT2D eigenvalue weighted by Crippen LogP contribution is 2.23. The SMILES string of the molecule is CCCCCCCCOc1ccc(-c2ccc(OC(=O)c3ccc(CCCCCCC)cc3)cn2)cc1. The molecule has 0 spiro atoms. The van der Waals surface area contributed by atoms with Gasteiger partial charge in [0.15, 0.2) is 0 Å². The highest BCUT2D eigenvalue weighted by atomic mass is 16.5. The van der Waals surface area contributed by atoms with E-state index in [0.29, 0.717) is 11.3 Å². The van der Waals surface area contributed by atoms with Gasteiger partial charge in [0, 0.05) is 5.56 Å². The zero-order valence-corrected chi connectivity index (χ0v) is 22.7. The summed E-state index contributed by atoms with van der Waals surface area (Å²) < 4.78 is 11.4. The topological polar surface area (TPSA) is 48.4 Å². The van der Waals surface area contributed by atoms with Crippen LogP contribution in [0.2, 0.25) is 0 Å². The van der Waals surface area contributed by atoms with Crippen LogP contribution in [0.5, 0.6) is 11.5 Å². The summed E-state index contributed by atoms with van der Waals surface area (Å²) in [7, 11) is 0. The van der Waals surface area contributed by atoms with Gasteiger partial charge in [-0.25, -0.2) is 4.79 Å². The number of aromatic nitrogens is 1. The number of rotatable bonds is 17. The summed E-state index contributed by atoms with van der Waals surface area (Å²) in [6.45, 7) is 5.22. The lowest BCUT2D eigenvalue weighted by Crippen LogP contribution is -2.08. The molecule has 4 heteroatoms. The fraction of sp³-hybridized carbons (Fsp3) is 0.455. The molecule has 0 amide bonds. The van der Waals surface area contributed by atoms with Crippen LogP contribution < -0.4 is 9.47 Å². The summed E-state index contributed by atoms with van der Waals surface area (Å²) >= 11 is 0. The molecule has 2 aromatic carbocycles. The zero-order valence-electron chi connectivity index (χ0n) is 22.7. The molecule has 4 nitrogen and oxygen atoms in total. The second kappa shape index (κ2) is 16.6. The Balaban J connectivity index is 1.42. The van der Waals surface area contributed by atoms with Gasteiger partial charge in [-0.15, -0.1) is 0 Å². The number of benzene rings is 2. The third-order valence-electron chi connectivity index (χ3n) is 6.62. The van der Waals surface area contributed by atoms with Crippen LogP contribution in [0.25, 0.3) is 11.3 Å². The molecule has 0 unspecified atom stereocenters. The Bertz CT molecular complexity index is 1030. The van der Waals surface area contributed by atoms with Crippen LogP contribution in [0.3, 0.4) is 0 Å². The van der Waals surface area contributed by atoms with Crippen LogP contribution in [0.4, 0.5) is 0 Å². The Morgan fingerprint density at radius 1 is 0.676 bits per heavy atom. The lowest BCUT2D eigenvalue weighted by Gasteiger charge is -2.08. The molecular weight excluding hydrogens is 458 g/mol. The quantitative estimate of drug-likeness (QED) is 0.137. The average molecular weight is 502 g/mol. The second-order valence-corrected chi connectivity index (χ2v) is 9.77. The van der Waals surface area contributed by atoms with Crippen LogP contribution in [-0.2, 0) is 6.42 Å². The van der Waals surface area contributed by atoms with Crippen molar-refractivity contribution in [2.75, 3.05) is 6.61 Å². The molecular formula is C33H43NO3. The van der Waals surface area contributed by atoms with E-state index < -0.39 is 0 Å². The molecule has 0 saturated carbocycles. The Hall–Kier alpha value is -3.14. The van der Waals surface area contributed by atoms with E-state index in [0.717, 1.165) is 36.5 Å². The van der Waals surface area contributed by atoms with Gasteiger partial charge in [0.05, 0.1) is 24.1 Å². The van der Waals surface area contributed by atoms with Crippen molar-refractivity contribution in [3.8, 4) is 22.8 Å². The van der Waals surface area contributed by atoms with Crippen LogP contribution in [-0.4, -0.2) is 17.6 Å². The van der Waals surface area contributed by atoms with E-state index in [2.05, 4.69) is 18.8 Å². The number of hydrogen-bond donors (Lipinski definition) is 0. The summed E-state index contributed by atoms with van der Waals surface area (Å²) in [6.07, 6.45) is 16.5. The smallest absolute Gasteiger partial charge is 0.343 e. The van der Waals surface area contributed by atoms with Crippen LogP contribution in [0.15, 0.2) is 66.9 Å². The van der Waals surface area contributed by atoms with Crippen molar-refractivity contribution in [3.05, 3.63) is 78.0 Å². The van der Waals surface area contributed by atoms with Gasteiger partial charge in [0.1, 0.15) is 11.5 Å². The second-order valence-electron chi connectivity index (χ2n) is 9.77. The molecule has 0 radical (unpaired) electrons. The van der Waals surface area contributed by atoms with E-state index in [9.17, 15) is 4.79 Å². The number of ether oxygens (including phenoxy) is 2. The van der Waals surface area contributed by atoms with Gasteiger partial charge in [0.2, 0.25) is 0 Å². The van der Waals surface area contributed by atoms with Gasteiger partial charge >= 0.3 is 5.97 Å². The zero-order chi connectivity index (χ0) is 26.1. The molecule has 3 rings (SSSR count). The number of carbonyl (C=O) groups is 1. The Kier molecular flexibility index (Phi) is 12.7. The molecule has 198 valence electrons. The van der Waals surface area contributed by atoms with Gasteiger partial charge in [-0.2, -0.15) is 0 Å². The number of nitrogens with zero attached hydrogens (tertiary/aromatic N) is 1. The summed E-state index contributed by atoms with van der Waals surface area (Å²) in [5.41, 5.74) is 3.63. The van der Waals surface area contributed by atoms with Crippen molar-refractivity contribution in [3.63, 3.8) is 0 Å². The van der Waals surface area contributed by atoms with E-state index in [4.69, 9.17) is 9.47 Å². The predicted octanol–water partition coefficient (Wildman–Crippen LogP) is 9.22. The Labute approximate surface area is 223 Å². The molecule has 0 saturated heterocycles. The maximum absolute atomic E-state index is 12.6. The first-order valence-electron chi connectivity index (χ1n) is 14.2. The first-order valence-corrected chi connectivity index (χ1v) is 14.2. The number of carbonyl (C=O) groups excluding carboxylic acids is 1. The highest BCUT2D eigenvalue weighted by Gasteiger charge is 2.10. The van der Waals surface area contributed by atoms with Crippen molar-refractivity contribution < 1.29 is 14.3 Å². The summed E-state index contributed by atoms with van der Waals surface area (Å²) in [5.74, 6) is 0.953. The van der Waals surface area contributed by atoms with Crippen molar-refractivity contribution in [1.82, 2.24) is 4.98 Å². The molecule has 0 bridgehead atoms. The Morgan fingerprint density at radius 3 is 1.95 bits per heavy atom. The average Bonchev–Trinajstić information content (AvgIpc) is 2.93. The maximum atomic E-state index is 12.6. The summed E-state index contributed by atoms with van der Waals surface area (Å²) in [6, 6.07) is 19.4. The van der Waals surface area contributed by atoms with Crippen LogP contribution in [0, 0.1) is 0 Å². The van der Waals surface area contributed by atoms with Gasteiger partial charge in [0.25, 0.3) is 0 Å². The molecule has 1 aromatic heterocycles. The third-order valence-corrected chi connectivity index (χ3v) is 6.62. The minimum atomic E-state index is -0.365. The summed E-state index contributed by atoms with van der Waals surface area (Å²) in [5, 5.41) is 0. The van der Waals surface area contributed by atoms with Gasteiger partial charge < -0.3 is 9.47 Å². The largest absolute Gasteiger partial charge is 0.494 e. The standard InChI is InChI=1S/C33H43NO3/c1-3-5-7-9-11-13-25-36-30-21-19-28(20-22-30)32-24-23-31(26-34-32)37-33(35)29-17-15-27(16-18-29)14-12-10-8-6-4-2/h15-24,26H,3-14,25H2,1-2H3. The fourth-order valence-corrected chi connectivity index (χ4v) is 4.31. The molecule has 0 aliphatic rings. The molecule has 1 heterocycles. The van der Waals surface area contributed by atoms with Gasteiger partial charge in [-0.05, 0) is 73.4 Å². The molecule has 0 atom stereocenters. The van der Waals surface area contributed by atoms with Crippen molar-refractivity contribution >= 4 is 5.97 Å². The summed E-state index contributed by atoms with van der Waals surface area (Å²) in [4.78, 5) is 17.0. The lowest BCUT2D eigenvalue weighted by atomic mass is 10.0. The monoisotopic (exact) mass is 501 g/mol. The Morgan fingerprint density at radius 2 is 1.30 bits per heavy atom.